The Morgan fingerprint density at radius 2 is 0.721 bits per heavy atom. The molecule has 4 nitrogen and oxygen atoms in total. The summed E-state index contributed by atoms with van der Waals surface area (Å²) in [6.07, 6.45) is 3.81. The van der Waals surface area contributed by atoms with E-state index in [4.69, 9.17) is 4.99 Å². The minimum absolute atomic E-state index is 0.189. The van der Waals surface area contributed by atoms with Crippen LogP contribution in [0, 0.1) is 5.41 Å². The summed E-state index contributed by atoms with van der Waals surface area (Å²) in [4.78, 5) is 7.76. The van der Waals surface area contributed by atoms with E-state index in [1.165, 1.54) is 33.0 Å². The fourth-order valence-corrected chi connectivity index (χ4v) is 12.8. The first kappa shape index (κ1) is 54.6. The van der Waals surface area contributed by atoms with Crippen LogP contribution in [0.5, 0.6) is 0 Å². The zero-order chi connectivity index (χ0) is 58.2. The molecule has 0 aliphatic heterocycles. The maximum absolute atomic E-state index is 9.76. The van der Waals surface area contributed by atoms with Crippen molar-refractivity contribution in [3.63, 3.8) is 0 Å². The van der Waals surface area contributed by atoms with Crippen molar-refractivity contribution in [2.24, 2.45) is 4.99 Å². The summed E-state index contributed by atoms with van der Waals surface area (Å²) in [5.41, 5.74) is 20.1. The second-order valence-electron chi connectivity index (χ2n) is 22.2. The zero-order valence-electron chi connectivity index (χ0n) is 48.6. The Labute approximate surface area is 505 Å². The van der Waals surface area contributed by atoms with E-state index in [2.05, 4.69) is 315 Å². The Morgan fingerprint density at radius 1 is 0.384 bits per heavy atom. The van der Waals surface area contributed by atoms with Crippen molar-refractivity contribution in [2.75, 3.05) is 13.6 Å². The number of fused-ring (bicyclic) bond motifs is 3. The van der Waals surface area contributed by atoms with Crippen LogP contribution < -0.4 is 0 Å². The topological polar surface area (TPSA) is 44.4 Å². The maximum atomic E-state index is 9.76. The number of aromatic nitrogens is 1. The molecule has 0 amide bonds. The molecule has 0 fully saturated rings. The second kappa shape index (κ2) is 24.6. The van der Waals surface area contributed by atoms with Crippen molar-refractivity contribution in [3.8, 4) is 66.8 Å². The molecule has 1 aromatic heterocycles. The quantitative estimate of drug-likeness (QED) is 0.0760. The molecule has 4 heteroatoms. The number of benzene rings is 12. The standard InChI is InChI=1S/C82H66N4/c1-3-28-75(68-51-49-63(50-52-68)61-31-14-5-15-32-61)82(57-59-45-47-62(48-46-59)60-29-12-4-13-30-60,58-85(2)81(70-43-26-11-27-44-70)84-80(83)69-41-24-10-25-42-69)86-78-73(66-37-20-8-21-38-66)55-53-71(64-33-16-6-17-34-64)76(78)77-72(65-35-18-7-19-36-65)54-56-74(79(77)86)67-39-22-9-23-40-67/h4-56,83H,3,57-58H2,1-2H3/b75-28-,83-80?,84-81?. The van der Waals surface area contributed by atoms with Gasteiger partial charge in [-0.25, -0.2) is 4.99 Å². The molecule has 86 heavy (non-hydrogen) atoms. The van der Waals surface area contributed by atoms with E-state index in [1.54, 1.807) is 0 Å². The van der Waals surface area contributed by atoms with Gasteiger partial charge in [-0.05, 0) is 78.8 Å². The van der Waals surface area contributed by atoms with Gasteiger partial charge < -0.3 is 9.47 Å². The van der Waals surface area contributed by atoms with Gasteiger partial charge in [0.15, 0.2) is 5.84 Å². The Balaban J connectivity index is 1.24. The van der Waals surface area contributed by atoms with Crippen LogP contribution in [0.15, 0.2) is 327 Å². The van der Waals surface area contributed by atoms with E-state index >= 15 is 0 Å². The molecular weight excluding hydrogens is 1040 g/mol. The first-order valence-corrected chi connectivity index (χ1v) is 29.8. The van der Waals surface area contributed by atoms with E-state index in [0.29, 0.717) is 18.8 Å². The van der Waals surface area contributed by atoms with E-state index in [1.807, 2.05) is 30.3 Å². The Hall–Kier alpha value is -10.7. The van der Waals surface area contributed by atoms with Gasteiger partial charge in [-0.3, -0.25) is 5.41 Å². The number of hydrogen-bond donors (Lipinski definition) is 1. The summed E-state index contributed by atoms with van der Waals surface area (Å²) in [5.74, 6) is 0.884. The van der Waals surface area contributed by atoms with Crippen LogP contribution in [-0.4, -0.2) is 34.7 Å². The lowest BCUT2D eigenvalue weighted by Gasteiger charge is -2.44. The van der Waals surface area contributed by atoms with Gasteiger partial charge in [0.05, 0.1) is 16.6 Å². The fourth-order valence-electron chi connectivity index (χ4n) is 12.8. The van der Waals surface area contributed by atoms with Crippen LogP contribution in [0.4, 0.5) is 0 Å². The lowest BCUT2D eigenvalue weighted by atomic mass is 9.77. The molecule has 0 radical (unpaired) electrons. The SMILES string of the molecule is CC/C=C(/c1ccc(-c2ccccc2)cc1)C(Cc1ccc(-c2ccccc2)cc1)(CN(C)C(=NC(=N)c1ccccc1)c1ccccc1)n1c2c(-c3ccccc3)ccc(-c3ccccc3)c2c2c(-c3ccccc3)ccc(-c3ccccc3)c21. The molecule has 0 aliphatic rings. The van der Waals surface area contributed by atoms with Crippen LogP contribution in [0.25, 0.3) is 94.1 Å². The number of aliphatic imine (C=N–C) groups is 1. The largest absolute Gasteiger partial charge is 0.356 e. The molecule has 0 aliphatic carbocycles. The van der Waals surface area contributed by atoms with Crippen LogP contribution in [0.1, 0.15) is 35.6 Å². The highest BCUT2D eigenvalue weighted by Gasteiger charge is 2.43. The van der Waals surface area contributed by atoms with Crippen LogP contribution >= 0.6 is 0 Å². The molecule has 1 heterocycles. The van der Waals surface area contributed by atoms with Crippen molar-refractivity contribution < 1.29 is 0 Å². The normalized spacial score (nSPS) is 12.5. The van der Waals surface area contributed by atoms with Crippen LogP contribution in [0.3, 0.4) is 0 Å². The second-order valence-corrected chi connectivity index (χ2v) is 22.2. The molecule has 414 valence electrons. The maximum Gasteiger partial charge on any atom is 0.154 e. The minimum Gasteiger partial charge on any atom is -0.356 e. The lowest BCUT2D eigenvalue weighted by molar-refractivity contribution is 0.311. The summed E-state index contributed by atoms with van der Waals surface area (Å²) in [6, 6.07) is 114. The van der Waals surface area contributed by atoms with Crippen molar-refractivity contribution >= 4 is 39.1 Å². The third kappa shape index (κ3) is 10.8. The van der Waals surface area contributed by atoms with E-state index in [9.17, 15) is 5.41 Å². The smallest absolute Gasteiger partial charge is 0.154 e. The van der Waals surface area contributed by atoms with Crippen LogP contribution in [0.2, 0.25) is 0 Å². The number of nitrogens with one attached hydrogen (secondary N) is 1. The van der Waals surface area contributed by atoms with Crippen LogP contribution in [-0.2, 0) is 12.0 Å². The molecule has 12 aromatic carbocycles. The summed E-state index contributed by atoms with van der Waals surface area (Å²) >= 11 is 0. The van der Waals surface area contributed by atoms with Gasteiger partial charge in [-0.2, -0.15) is 0 Å². The molecule has 0 saturated heterocycles. The van der Waals surface area contributed by atoms with Crippen molar-refractivity contribution in [3.05, 3.63) is 344 Å². The number of likely N-dealkylation sites (N-methyl/N-ethyl adjacent to an activating group) is 1. The number of hydrogen-bond acceptors (Lipinski definition) is 1. The Kier molecular flexibility index (Phi) is 15.6. The van der Waals surface area contributed by atoms with E-state index < -0.39 is 5.54 Å². The third-order valence-corrected chi connectivity index (χ3v) is 16.7. The molecule has 0 spiro atoms. The summed E-state index contributed by atoms with van der Waals surface area (Å²) < 4.78 is 2.81. The van der Waals surface area contributed by atoms with Gasteiger partial charge in [0.2, 0.25) is 0 Å². The molecule has 1 N–H and O–H groups in total. The van der Waals surface area contributed by atoms with Gasteiger partial charge in [0, 0.05) is 53.0 Å². The highest BCUT2D eigenvalue weighted by molar-refractivity contribution is 6.26. The summed E-state index contributed by atoms with van der Waals surface area (Å²) in [6.45, 7) is 2.69. The highest BCUT2D eigenvalue weighted by Crippen LogP contribution is 2.53. The predicted molar refractivity (Wildman–Crippen MR) is 364 cm³/mol. The number of amidine groups is 2. The molecule has 0 bridgehead atoms. The van der Waals surface area contributed by atoms with Gasteiger partial charge in [0.25, 0.3) is 0 Å². The average molecular weight is 1110 g/mol. The Bertz CT molecular complexity index is 4360. The number of rotatable bonds is 16. The first-order chi connectivity index (χ1) is 42.5. The van der Waals surface area contributed by atoms with Gasteiger partial charge in [-0.1, -0.05) is 328 Å². The van der Waals surface area contributed by atoms with Crippen molar-refractivity contribution in [2.45, 2.75) is 25.3 Å². The van der Waals surface area contributed by atoms with Crippen molar-refractivity contribution in [1.82, 2.24) is 9.47 Å². The number of allylic oxidation sites excluding steroid dienone is 1. The minimum atomic E-state index is -0.991. The molecular formula is C82H66N4. The zero-order valence-corrected chi connectivity index (χ0v) is 48.6. The Morgan fingerprint density at radius 3 is 1.13 bits per heavy atom. The molecule has 13 rings (SSSR count). The molecule has 1 unspecified atom stereocenters. The van der Waals surface area contributed by atoms with Gasteiger partial charge >= 0.3 is 0 Å². The highest BCUT2D eigenvalue weighted by atomic mass is 15.2. The van der Waals surface area contributed by atoms with Crippen molar-refractivity contribution in [1.29, 1.82) is 5.41 Å². The molecule has 13 aromatic rings. The van der Waals surface area contributed by atoms with E-state index in [-0.39, 0.29) is 5.84 Å². The fraction of sp³-hybridized carbons (Fsp3) is 0.0732. The van der Waals surface area contributed by atoms with Gasteiger partial charge in [0.1, 0.15) is 5.84 Å². The predicted octanol–water partition coefficient (Wildman–Crippen LogP) is 20.6. The monoisotopic (exact) mass is 1110 g/mol. The average Bonchev–Trinajstić information content (AvgIpc) is 1.52. The number of nitrogens with zero attached hydrogens (tertiary/aromatic N) is 3. The third-order valence-electron chi connectivity index (χ3n) is 16.7. The molecule has 0 saturated carbocycles. The van der Waals surface area contributed by atoms with Gasteiger partial charge in [-0.15, -0.1) is 0 Å². The van der Waals surface area contributed by atoms with E-state index in [0.717, 1.165) is 89.8 Å². The summed E-state index contributed by atoms with van der Waals surface area (Å²) in [7, 11) is 2.19. The lowest BCUT2D eigenvalue weighted by Crippen LogP contribution is -2.49. The summed E-state index contributed by atoms with van der Waals surface area (Å²) in [5, 5.41) is 12.1. The molecule has 1 atom stereocenters. The first-order valence-electron chi connectivity index (χ1n) is 29.8.